The van der Waals surface area contributed by atoms with Crippen LogP contribution in [0, 0.1) is 0 Å². The molecule has 2 N–H and O–H groups in total. The number of nitrogen functional groups attached to an aromatic ring is 1. The van der Waals surface area contributed by atoms with Crippen LogP contribution in [0.2, 0.25) is 0 Å². The molecule has 0 atom stereocenters. The van der Waals surface area contributed by atoms with Crippen LogP contribution in [-0.4, -0.2) is 31.2 Å². The highest BCUT2D eigenvalue weighted by molar-refractivity contribution is 5.61. The van der Waals surface area contributed by atoms with Crippen LogP contribution in [0.3, 0.4) is 0 Å². The second-order valence-corrected chi connectivity index (χ2v) is 3.88. The number of anilines is 3. The molecule has 2 aromatic rings. The van der Waals surface area contributed by atoms with Gasteiger partial charge in [-0.3, -0.25) is 0 Å². The Bertz CT molecular complexity index is 557. The third kappa shape index (κ3) is 2.85. The molecule has 0 fully saturated rings. The highest BCUT2D eigenvalue weighted by Gasteiger charge is 2.09. The Morgan fingerprint density at radius 3 is 2.32 bits per heavy atom. The van der Waals surface area contributed by atoms with Crippen molar-refractivity contribution < 1.29 is 9.47 Å². The Balaban J connectivity index is 2.31. The van der Waals surface area contributed by atoms with Gasteiger partial charge in [0.2, 0.25) is 11.8 Å². The first-order valence-corrected chi connectivity index (χ1v) is 5.70. The van der Waals surface area contributed by atoms with E-state index in [-0.39, 0.29) is 5.95 Å². The molecule has 0 bridgehead atoms. The van der Waals surface area contributed by atoms with Crippen LogP contribution in [0.15, 0.2) is 30.3 Å². The molecule has 0 radical (unpaired) electrons. The zero-order valence-corrected chi connectivity index (χ0v) is 11.1. The molecule has 0 aliphatic heterocycles. The standard InChI is InChI=1S/C13H16N4O2/c1-17(9-4-6-10(18-2)7-5-9)11-8-12(19-3)16-13(14)15-11/h4-8H,1-3H3,(H2,14,15,16). The van der Waals surface area contributed by atoms with Crippen molar-refractivity contribution in [1.82, 2.24) is 9.97 Å². The summed E-state index contributed by atoms with van der Waals surface area (Å²) in [5, 5.41) is 0. The molecule has 0 aliphatic carbocycles. The molecule has 6 heteroatoms. The molecule has 1 aromatic heterocycles. The summed E-state index contributed by atoms with van der Waals surface area (Å²) in [4.78, 5) is 10.0. The maximum absolute atomic E-state index is 5.65. The lowest BCUT2D eigenvalue weighted by Gasteiger charge is -2.19. The number of hydrogen-bond donors (Lipinski definition) is 1. The number of methoxy groups -OCH3 is 2. The van der Waals surface area contributed by atoms with E-state index in [1.165, 1.54) is 0 Å². The van der Waals surface area contributed by atoms with Gasteiger partial charge in [0.05, 0.1) is 14.2 Å². The SMILES string of the molecule is COc1ccc(N(C)c2cc(OC)nc(N)n2)cc1. The molecule has 0 spiro atoms. The lowest BCUT2D eigenvalue weighted by Crippen LogP contribution is -2.13. The van der Waals surface area contributed by atoms with Gasteiger partial charge in [-0.05, 0) is 24.3 Å². The Morgan fingerprint density at radius 1 is 1.05 bits per heavy atom. The van der Waals surface area contributed by atoms with Crippen molar-refractivity contribution in [2.45, 2.75) is 0 Å². The molecule has 0 amide bonds. The Morgan fingerprint density at radius 2 is 1.74 bits per heavy atom. The monoisotopic (exact) mass is 260 g/mol. The van der Waals surface area contributed by atoms with Crippen LogP contribution >= 0.6 is 0 Å². The topological polar surface area (TPSA) is 73.5 Å². The second-order valence-electron chi connectivity index (χ2n) is 3.88. The van der Waals surface area contributed by atoms with Crippen molar-refractivity contribution in [2.75, 3.05) is 31.9 Å². The summed E-state index contributed by atoms with van der Waals surface area (Å²) >= 11 is 0. The predicted molar refractivity (Wildman–Crippen MR) is 74.1 cm³/mol. The second kappa shape index (κ2) is 5.43. The summed E-state index contributed by atoms with van der Waals surface area (Å²) in [5.74, 6) is 2.07. The first-order chi connectivity index (χ1) is 9.13. The first kappa shape index (κ1) is 12.9. The van der Waals surface area contributed by atoms with Crippen molar-refractivity contribution in [3.05, 3.63) is 30.3 Å². The number of rotatable bonds is 4. The molecular weight excluding hydrogens is 244 g/mol. The van der Waals surface area contributed by atoms with E-state index in [4.69, 9.17) is 15.2 Å². The normalized spacial score (nSPS) is 10.1. The minimum atomic E-state index is 0.176. The highest BCUT2D eigenvalue weighted by Crippen LogP contribution is 2.26. The summed E-state index contributed by atoms with van der Waals surface area (Å²) < 4.78 is 10.2. The fourth-order valence-electron chi connectivity index (χ4n) is 1.64. The maximum atomic E-state index is 5.65. The van der Waals surface area contributed by atoms with Crippen LogP contribution in [0.25, 0.3) is 0 Å². The van der Waals surface area contributed by atoms with Crippen molar-refractivity contribution >= 4 is 17.5 Å². The minimum Gasteiger partial charge on any atom is -0.497 e. The lowest BCUT2D eigenvalue weighted by molar-refractivity contribution is 0.398. The highest BCUT2D eigenvalue weighted by atomic mass is 16.5. The molecular formula is C13H16N4O2. The van der Waals surface area contributed by atoms with E-state index < -0.39 is 0 Å². The fraction of sp³-hybridized carbons (Fsp3) is 0.231. The molecule has 0 saturated heterocycles. The summed E-state index contributed by atoms with van der Waals surface area (Å²) in [6.07, 6.45) is 0. The number of nitrogens with two attached hydrogens (primary N) is 1. The fourth-order valence-corrected chi connectivity index (χ4v) is 1.64. The summed E-state index contributed by atoms with van der Waals surface area (Å²) in [6.45, 7) is 0. The van der Waals surface area contributed by atoms with E-state index >= 15 is 0 Å². The number of benzene rings is 1. The van der Waals surface area contributed by atoms with E-state index in [0.29, 0.717) is 11.7 Å². The molecule has 0 saturated carbocycles. The van der Waals surface area contributed by atoms with Crippen molar-refractivity contribution in [3.63, 3.8) is 0 Å². The van der Waals surface area contributed by atoms with Gasteiger partial charge in [-0.25, -0.2) is 0 Å². The van der Waals surface area contributed by atoms with Gasteiger partial charge in [0.25, 0.3) is 0 Å². The van der Waals surface area contributed by atoms with Gasteiger partial charge >= 0.3 is 0 Å². The summed E-state index contributed by atoms with van der Waals surface area (Å²) in [5.41, 5.74) is 6.61. The molecule has 100 valence electrons. The van der Waals surface area contributed by atoms with E-state index in [9.17, 15) is 0 Å². The zero-order chi connectivity index (χ0) is 13.8. The largest absolute Gasteiger partial charge is 0.497 e. The lowest BCUT2D eigenvalue weighted by atomic mass is 10.3. The van der Waals surface area contributed by atoms with Gasteiger partial charge in [0.1, 0.15) is 11.6 Å². The number of ether oxygens (including phenoxy) is 2. The molecule has 6 nitrogen and oxygen atoms in total. The van der Waals surface area contributed by atoms with Crippen LogP contribution < -0.4 is 20.1 Å². The average molecular weight is 260 g/mol. The average Bonchev–Trinajstić information content (AvgIpc) is 2.46. The van der Waals surface area contributed by atoms with Crippen molar-refractivity contribution in [3.8, 4) is 11.6 Å². The van der Waals surface area contributed by atoms with Crippen molar-refractivity contribution in [2.24, 2.45) is 0 Å². The van der Waals surface area contributed by atoms with Gasteiger partial charge in [-0.1, -0.05) is 0 Å². The molecule has 2 rings (SSSR count). The molecule has 0 unspecified atom stereocenters. The number of aromatic nitrogens is 2. The van der Waals surface area contributed by atoms with Crippen LogP contribution in [-0.2, 0) is 0 Å². The van der Waals surface area contributed by atoms with Gasteiger partial charge in [0.15, 0.2) is 0 Å². The van der Waals surface area contributed by atoms with E-state index in [1.54, 1.807) is 20.3 Å². The van der Waals surface area contributed by atoms with E-state index in [1.807, 2.05) is 36.2 Å². The van der Waals surface area contributed by atoms with Crippen LogP contribution in [0.5, 0.6) is 11.6 Å². The summed E-state index contributed by atoms with van der Waals surface area (Å²) in [6, 6.07) is 9.36. The molecule has 1 heterocycles. The predicted octanol–water partition coefficient (Wildman–Crippen LogP) is 1.84. The molecule has 1 aromatic carbocycles. The molecule has 0 aliphatic rings. The third-order valence-corrected chi connectivity index (χ3v) is 2.72. The Kier molecular flexibility index (Phi) is 3.70. The van der Waals surface area contributed by atoms with E-state index in [0.717, 1.165) is 11.4 Å². The number of nitrogens with zero attached hydrogens (tertiary/aromatic N) is 3. The van der Waals surface area contributed by atoms with Gasteiger partial charge in [-0.15, -0.1) is 0 Å². The third-order valence-electron chi connectivity index (χ3n) is 2.72. The van der Waals surface area contributed by atoms with E-state index in [2.05, 4.69) is 9.97 Å². The van der Waals surface area contributed by atoms with Gasteiger partial charge in [-0.2, -0.15) is 9.97 Å². The number of hydrogen-bond acceptors (Lipinski definition) is 6. The first-order valence-electron chi connectivity index (χ1n) is 5.70. The zero-order valence-electron chi connectivity index (χ0n) is 11.1. The molecule has 19 heavy (non-hydrogen) atoms. The minimum absolute atomic E-state index is 0.176. The van der Waals surface area contributed by atoms with Crippen LogP contribution in [0.1, 0.15) is 0 Å². The van der Waals surface area contributed by atoms with Crippen molar-refractivity contribution in [1.29, 1.82) is 0 Å². The van der Waals surface area contributed by atoms with Crippen LogP contribution in [0.4, 0.5) is 17.5 Å². The van der Waals surface area contributed by atoms with Gasteiger partial charge < -0.3 is 20.1 Å². The Hall–Kier alpha value is -2.50. The quantitative estimate of drug-likeness (QED) is 0.904. The van der Waals surface area contributed by atoms with Gasteiger partial charge in [0, 0.05) is 18.8 Å². The maximum Gasteiger partial charge on any atom is 0.225 e. The Labute approximate surface area is 111 Å². The smallest absolute Gasteiger partial charge is 0.225 e. The summed E-state index contributed by atoms with van der Waals surface area (Å²) in [7, 11) is 5.07.